The maximum Gasteiger partial charge on any atom is 0.296 e. The van der Waals surface area contributed by atoms with Gasteiger partial charge >= 0.3 is 0 Å². The van der Waals surface area contributed by atoms with Crippen LogP contribution in [0.25, 0.3) is 0 Å². The number of nitrogens with one attached hydrogen (secondary N) is 1. The lowest BCUT2D eigenvalue weighted by molar-refractivity contribution is -0.116. The fourth-order valence-electron chi connectivity index (χ4n) is 2.01. The van der Waals surface area contributed by atoms with Gasteiger partial charge in [0.1, 0.15) is 0 Å². The lowest BCUT2D eigenvalue weighted by Gasteiger charge is -2.24. The van der Waals surface area contributed by atoms with Crippen LogP contribution in [0.4, 0.5) is 0 Å². The third kappa shape index (κ3) is 2.37. The predicted molar refractivity (Wildman–Crippen MR) is 68.2 cm³/mol. The van der Waals surface area contributed by atoms with Crippen LogP contribution in [0.2, 0.25) is 0 Å². The van der Waals surface area contributed by atoms with Crippen LogP contribution >= 0.6 is 15.9 Å². The normalized spacial score (nSPS) is 17.8. The summed E-state index contributed by atoms with van der Waals surface area (Å²) in [5.41, 5.74) is -0.0723. The fourth-order valence-corrected chi connectivity index (χ4v) is 2.30. The van der Waals surface area contributed by atoms with Crippen LogP contribution < -0.4 is 5.32 Å². The lowest BCUT2D eigenvalue weighted by Crippen LogP contribution is -2.44. The fraction of sp³-hybridized carbons (Fsp3) is 0.500. The van der Waals surface area contributed by atoms with Crippen LogP contribution in [0.15, 0.2) is 16.9 Å². The van der Waals surface area contributed by atoms with Crippen molar-refractivity contribution < 1.29 is 4.79 Å². The van der Waals surface area contributed by atoms with Crippen molar-refractivity contribution in [1.29, 1.82) is 0 Å². The molecule has 1 aliphatic rings. The molecule has 2 rings (SSSR count). The van der Waals surface area contributed by atoms with E-state index in [9.17, 15) is 4.79 Å². The molecule has 0 bridgehead atoms. The summed E-state index contributed by atoms with van der Waals surface area (Å²) in [5.74, 6) is 4.87. The van der Waals surface area contributed by atoms with Crippen molar-refractivity contribution in [2.45, 2.75) is 38.3 Å². The standard InChI is InChI=1S/C12H14BrN3O/c1-3-4-11(17)15-9(2)12(5-6-12)16-8-10(13)7-14-16/h7-9H,5-6H2,1-2H3,(H,15,17). The average Bonchev–Trinajstić information content (AvgIpc) is 2.97. The first-order valence-corrected chi connectivity index (χ1v) is 6.32. The van der Waals surface area contributed by atoms with E-state index in [4.69, 9.17) is 0 Å². The largest absolute Gasteiger partial charge is 0.340 e. The Morgan fingerprint density at radius 3 is 2.88 bits per heavy atom. The molecular weight excluding hydrogens is 282 g/mol. The van der Waals surface area contributed by atoms with Crippen LogP contribution in [-0.2, 0) is 10.3 Å². The minimum atomic E-state index is -0.225. The van der Waals surface area contributed by atoms with Crippen molar-refractivity contribution in [2.75, 3.05) is 0 Å². The number of aromatic nitrogens is 2. The van der Waals surface area contributed by atoms with Crippen LogP contribution in [0.1, 0.15) is 26.7 Å². The van der Waals surface area contributed by atoms with Gasteiger partial charge in [0.05, 0.1) is 22.3 Å². The highest BCUT2D eigenvalue weighted by molar-refractivity contribution is 9.10. The Balaban J connectivity index is 2.10. The van der Waals surface area contributed by atoms with Crippen LogP contribution in [-0.4, -0.2) is 21.7 Å². The van der Waals surface area contributed by atoms with Gasteiger partial charge < -0.3 is 5.32 Å². The van der Waals surface area contributed by atoms with Gasteiger partial charge in [-0.25, -0.2) is 0 Å². The molecule has 1 aromatic heterocycles. The van der Waals surface area contributed by atoms with E-state index >= 15 is 0 Å². The van der Waals surface area contributed by atoms with E-state index in [0.717, 1.165) is 17.3 Å². The molecule has 0 radical (unpaired) electrons. The van der Waals surface area contributed by atoms with Crippen molar-refractivity contribution in [3.8, 4) is 11.8 Å². The highest BCUT2D eigenvalue weighted by atomic mass is 79.9. The molecule has 17 heavy (non-hydrogen) atoms. The second-order valence-electron chi connectivity index (χ2n) is 4.28. The molecule has 1 atom stereocenters. The molecule has 5 heteroatoms. The first kappa shape index (κ1) is 12.2. The summed E-state index contributed by atoms with van der Waals surface area (Å²) >= 11 is 3.38. The summed E-state index contributed by atoms with van der Waals surface area (Å²) in [5, 5.41) is 7.21. The molecule has 1 fully saturated rings. The van der Waals surface area contributed by atoms with Gasteiger partial charge in [0.25, 0.3) is 5.91 Å². The van der Waals surface area contributed by atoms with Gasteiger partial charge in [-0.1, -0.05) is 5.92 Å². The molecule has 1 heterocycles. The quantitative estimate of drug-likeness (QED) is 0.862. The predicted octanol–water partition coefficient (Wildman–Crippen LogP) is 1.66. The molecular formula is C12H14BrN3O. The Morgan fingerprint density at radius 1 is 1.71 bits per heavy atom. The Labute approximate surface area is 109 Å². The molecule has 90 valence electrons. The number of carbonyl (C=O) groups is 1. The van der Waals surface area contributed by atoms with Gasteiger partial charge in [0, 0.05) is 6.20 Å². The Bertz CT molecular complexity index is 493. The number of carbonyl (C=O) groups excluding carboxylic acids is 1. The zero-order valence-electron chi connectivity index (χ0n) is 9.83. The summed E-state index contributed by atoms with van der Waals surface area (Å²) in [6.07, 6.45) is 5.77. The van der Waals surface area contributed by atoms with E-state index in [1.807, 2.05) is 17.8 Å². The minimum absolute atomic E-state index is 0.0302. The molecule has 0 saturated heterocycles. The highest BCUT2D eigenvalue weighted by Gasteiger charge is 2.50. The first-order chi connectivity index (χ1) is 8.08. The summed E-state index contributed by atoms with van der Waals surface area (Å²) < 4.78 is 2.89. The maximum absolute atomic E-state index is 11.4. The monoisotopic (exact) mass is 295 g/mol. The van der Waals surface area contributed by atoms with Gasteiger partial charge in [-0.3, -0.25) is 9.48 Å². The molecule has 0 aromatic carbocycles. The summed E-state index contributed by atoms with van der Waals surface area (Å²) in [7, 11) is 0. The number of halogens is 1. The molecule has 1 aliphatic carbocycles. The Kier molecular flexibility index (Phi) is 3.25. The number of hydrogen-bond acceptors (Lipinski definition) is 2. The van der Waals surface area contributed by atoms with E-state index in [1.54, 1.807) is 13.1 Å². The molecule has 1 amide bonds. The molecule has 1 unspecified atom stereocenters. The van der Waals surface area contributed by atoms with E-state index in [2.05, 4.69) is 38.2 Å². The van der Waals surface area contributed by atoms with Crippen molar-refractivity contribution in [3.63, 3.8) is 0 Å². The topological polar surface area (TPSA) is 46.9 Å². The SMILES string of the molecule is CC#CC(=O)NC(C)C1(n2cc(Br)cn2)CC1. The first-order valence-electron chi connectivity index (χ1n) is 5.52. The van der Waals surface area contributed by atoms with E-state index in [0.29, 0.717) is 0 Å². The van der Waals surface area contributed by atoms with E-state index in [1.165, 1.54) is 0 Å². The van der Waals surface area contributed by atoms with Gasteiger partial charge in [0.2, 0.25) is 0 Å². The lowest BCUT2D eigenvalue weighted by atomic mass is 10.1. The number of rotatable bonds is 3. The van der Waals surface area contributed by atoms with E-state index < -0.39 is 0 Å². The van der Waals surface area contributed by atoms with Crippen LogP contribution in [0.3, 0.4) is 0 Å². The second kappa shape index (κ2) is 4.53. The van der Waals surface area contributed by atoms with Gasteiger partial charge in [-0.2, -0.15) is 5.10 Å². The van der Waals surface area contributed by atoms with Crippen molar-refractivity contribution >= 4 is 21.8 Å². The molecule has 1 aromatic rings. The van der Waals surface area contributed by atoms with Crippen LogP contribution in [0.5, 0.6) is 0 Å². The van der Waals surface area contributed by atoms with Gasteiger partial charge in [-0.15, -0.1) is 0 Å². The second-order valence-corrected chi connectivity index (χ2v) is 5.19. The Morgan fingerprint density at radius 2 is 2.41 bits per heavy atom. The smallest absolute Gasteiger partial charge is 0.296 e. The average molecular weight is 296 g/mol. The third-order valence-electron chi connectivity index (χ3n) is 3.16. The van der Waals surface area contributed by atoms with Crippen LogP contribution in [0, 0.1) is 11.8 Å². The van der Waals surface area contributed by atoms with E-state index in [-0.39, 0.29) is 17.5 Å². The zero-order valence-corrected chi connectivity index (χ0v) is 11.4. The molecule has 0 spiro atoms. The maximum atomic E-state index is 11.4. The van der Waals surface area contributed by atoms with Gasteiger partial charge in [0.15, 0.2) is 0 Å². The molecule has 1 saturated carbocycles. The molecule has 4 nitrogen and oxygen atoms in total. The molecule has 1 N–H and O–H groups in total. The third-order valence-corrected chi connectivity index (χ3v) is 3.57. The summed E-state index contributed by atoms with van der Waals surface area (Å²) in [6.45, 7) is 3.65. The number of nitrogens with zero attached hydrogens (tertiary/aromatic N) is 2. The summed E-state index contributed by atoms with van der Waals surface area (Å²) in [6, 6.07) is 0.0302. The molecule has 0 aliphatic heterocycles. The minimum Gasteiger partial charge on any atom is -0.340 e. The van der Waals surface area contributed by atoms with Crippen molar-refractivity contribution in [2.24, 2.45) is 0 Å². The Hall–Kier alpha value is -1.28. The number of hydrogen-bond donors (Lipinski definition) is 1. The highest BCUT2D eigenvalue weighted by Crippen LogP contribution is 2.46. The van der Waals surface area contributed by atoms with Crippen molar-refractivity contribution in [1.82, 2.24) is 15.1 Å². The van der Waals surface area contributed by atoms with Gasteiger partial charge in [-0.05, 0) is 48.5 Å². The summed E-state index contributed by atoms with van der Waals surface area (Å²) in [4.78, 5) is 11.4. The van der Waals surface area contributed by atoms with Crippen molar-refractivity contribution in [3.05, 3.63) is 16.9 Å². The number of amides is 1. The zero-order chi connectivity index (χ0) is 12.5.